The molecule has 2 amide bonds. The van der Waals surface area contributed by atoms with Crippen molar-refractivity contribution in [2.45, 2.75) is 38.1 Å². The van der Waals surface area contributed by atoms with Gasteiger partial charge in [0.15, 0.2) is 0 Å². The Morgan fingerprint density at radius 2 is 1.74 bits per heavy atom. The first-order valence-electron chi connectivity index (χ1n) is 8.09. The SMILES string of the molecule is Cl.NC1CCC(C(=O)Nc2ccc(C(=O)N3CCCC3)cc2)C1. The smallest absolute Gasteiger partial charge is 0.253 e. The monoisotopic (exact) mass is 337 g/mol. The first kappa shape index (κ1) is 17.8. The molecule has 1 heterocycles. The van der Waals surface area contributed by atoms with Gasteiger partial charge < -0.3 is 16.0 Å². The van der Waals surface area contributed by atoms with Crippen molar-refractivity contribution in [2.24, 2.45) is 11.7 Å². The van der Waals surface area contributed by atoms with E-state index in [2.05, 4.69) is 5.32 Å². The summed E-state index contributed by atoms with van der Waals surface area (Å²) in [7, 11) is 0. The summed E-state index contributed by atoms with van der Waals surface area (Å²) in [6.45, 7) is 1.69. The molecule has 3 rings (SSSR count). The fourth-order valence-corrected chi connectivity index (χ4v) is 3.30. The van der Waals surface area contributed by atoms with Gasteiger partial charge in [-0.2, -0.15) is 0 Å². The van der Waals surface area contributed by atoms with Crippen LogP contribution >= 0.6 is 12.4 Å². The number of rotatable bonds is 3. The molecule has 0 spiro atoms. The normalized spacial score (nSPS) is 23.4. The third-order valence-electron chi connectivity index (χ3n) is 4.64. The van der Waals surface area contributed by atoms with Gasteiger partial charge in [0.25, 0.3) is 5.91 Å². The quantitative estimate of drug-likeness (QED) is 0.889. The average Bonchev–Trinajstić information content (AvgIpc) is 3.18. The predicted molar refractivity (Wildman–Crippen MR) is 92.8 cm³/mol. The van der Waals surface area contributed by atoms with Crippen LogP contribution in [0.3, 0.4) is 0 Å². The number of benzene rings is 1. The van der Waals surface area contributed by atoms with Gasteiger partial charge in [-0.25, -0.2) is 0 Å². The van der Waals surface area contributed by atoms with Gasteiger partial charge in [-0.1, -0.05) is 0 Å². The summed E-state index contributed by atoms with van der Waals surface area (Å²) in [6, 6.07) is 7.33. The zero-order valence-corrected chi connectivity index (χ0v) is 14.0. The second-order valence-electron chi connectivity index (χ2n) is 6.34. The maximum atomic E-state index is 12.3. The minimum Gasteiger partial charge on any atom is -0.339 e. The lowest BCUT2D eigenvalue weighted by molar-refractivity contribution is -0.119. The number of anilines is 1. The highest BCUT2D eigenvalue weighted by atomic mass is 35.5. The van der Waals surface area contributed by atoms with Crippen LogP contribution < -0.4 is 11.1 Å². The number of likely N-dealkylation sites (tertiary alicyclic amines) is 1. The Hall–Kier alpha value is -1.59. The number of hydrogen-bond donors (Lipinski definition) is 2. The lowest BCUT2D eigenvalue weighted by Gasteiger charge is -2.15. The Balaban J connectivity index is 0.00000192. The van der Waals surface area contributed by atoms with Gasteiger partial charge in [0.2, 0.25) is 5.91 Å². The zero-order valence-electron chi connectivity index (χ0n) is 13.2. The van der Waals surface area contributed by atoms with Crippen LogP contribution in [-0.4, -0.2) is 35.8 Å². The van der Waals surface area contributed by atoms with Gasteiger partial charge in [-0.3, -0.25) is 9.59 Å². The lowest BCUT2D eigenvalue weighted by Crippen LogP contribution is -2.27. The molecule has 3 N–H and O–H groups in total. The topological polar surface area (TPSA) is 75.4 Å². The van der Waals surface area contributed by atoms with Crippen molar-refractivity contribution in [3.05, 3.63) is 29.8 Å². The number of hydrogen-bond acceptors (Lipinski definition) is 3. The molecule has 5 nitrogen and oxygen atoms in total. The number of nitrogens with one attached hydrogen (secondary N) is 1. The largest absolute Gasteiger partial charge is 0.339 e. The van der Waals surface area contributed by atoms with Gasteiger partial charge in [-0.05, 0) is 56.4 Å². The van der Waals surface area contributed by atoms with Crippen molar-refractivity contribution in [1.29, 1.82) is 0 Å². The van der Waals surface area contributed by atoms with Gasteiger partial charge in [-0.15, -0.1) is 12.4 Å². The van der Waals surface area contributed by atoms with E-state index in [0.29, 0.717) is 5.56 Å². The van der Waals surface area contributed by atoms with Crippen LogP contribution in [0.2, 0.25) is 0 Å². The number of amides is 2. The van der Waals surface area contributed by atoms with Gasteiger partial charge in [0.1, 0.15) is 0 Å². The standard InChI is InChI=1S/C17H23N3O2.ClH/c18-14-6-3-13(11-14)16(21)19-15-7-4-12(5-8-15)17(22)20-9-1-2-10-20;/h4-5,7-8,13-14H,1-3,6,9-11,18H2,(H,19,21);1H. The van der Waals surface area contributed by atoms with E-state index >= 15 is 0 Å². The van der Waals surface area contributed by atoms with Crippen LogP contribution in [0, 0.1) is 5.92 Å². The molecule has 1 aromatic carbocycles. The fraction of sp³-hybridized carbons (Fsp3) is 0.529. The fourth-order valence-electron chi connectivity index (χ4n) is 3.30. The van der Waals surface area contributed by atoms with Crippen LogP contribution in [0.4, 0.5) is 5.69 Å². The number of halogens is 1. The molecule has 2 aliphatic rings. The van der Waals surface area contributed by atoms with Crippen LogP contribution in [-0.2, 0) is 4.79 Å². The zero-order chi connectivity index (χ0) is 15.5. The second kappa shape index (κ2) is 7.79. The minimum absolute atomic E-state index is 0. The Kier molecular flexibility index (Phi) is 6.02. The molecule has 1 saturated carbocycles. The highest BCUT2D eigenvalue weighted by molar-refractivity contribution is 5.96. The van der Waals surface area contributed by atoms with E-state index < -0.39 is 0 Å². The summed E-state index contributed by atoms with van der Waals surface area (Å²) in [6.07, 6.45) is 4.71. The predicted octanol–water partition coefficient (Wildman–Crippen LogP) is 2.41. The first-order valence-corrected chi connectivity index (χ1v) is 8.09. The van der Waals surface area contributed by atoms with Crippen molar-refractivity contribution in [3.63, 3.8) is 0 Å². The molecular formula is C17H24ClN3O2. The summed E-state index contributed by atoms with van der Waals surface area (Å²) in [4.78, 5) is 26.3. The Morgan fingerprint density at radius 1 is 1.09 bits per heavy atom. The van der Waals surface area contributed by atoms with Crippen molar-refractivity contribution in [2.75, 3.05) is 18.4 Å². The molecule has 0 bridgehead atoms. The molecule has 23 heavy (non-hydrogen) atoms. The average molecular weight is 338 g/mol. The highest BCUT2D eigenvalue weighted by Gasteiger charge is 2.27. The molecule has 1 aliphatic heterocycles. The van der Waals surface area contributed by atoms with Crippen molar-refractivity contribution in [1.82, 2.24) is 4.90 Å². The van der Waals surface area contributed by atoms with E-state index in [9.17, 15) is 9.59 Å². The van der Waals surface area contributed by atoms with Crippen LogP contribution in [0.1, 0.15) is 42.5 Å². The second-order valence-corrected chi connectivity index (χ2v) is 6.34. The van der Waals surface area contributed by atoms with Crippen LogP contribution in [0.25, 0.3) is 0 Å². The molecule has 2 unspecified atom stereocenters. The third-order valence-corrected chi connectivity index (χ3v) is 4.64. The molecule has 0 radical (unpaired) electrons. The number of nitrogens with two attached hydrogens (primary N) is 1. The number of nitrogens with zero attached hydrogens (tertiary/aromatic N) is 1. The van der Waals surface area contributed by atoms with Crippen molar-refractivity contribution >= 4 is 29.9 Å². The summed E-state index contributed by atoms with van der Waals surface area (Å²) in [5, 5.41) is 2.92. The van der Waals surface area contributed by atoms with Crippen molar-refractivity contribution < 1.29 is 9.59 Å². The Bertz CT molecular complexity index is 555. The van der Waals surface area contributed by atoms with Gasteiger partial charge in [0, 0.05) is 36.3 Å². The molecule has 1 aliphatic carbocycles. The molecule has 2 fully saturated rings. The van der Waals surface area contributed by atoms with E-state index in [-0.39, 0.29) is 36.2 Å². The maximum absolute atomic E-state index is 12.3. The van der Waals surface area contributed by atoms with Gasteiger partial charge in [0.05, 0.1) is 0 Å². The van der Waals surface area contributed by atoms with E-state index in [0.717, 1.165) is 50.9 Å². The lowest BCUT2D eigenvalue weighted by atomic mass is 10.1. The summed E-state index contributed by atoms with van der Waals surface area (Å²) < 4.78 is 0. The minimum atomic E-state index is 0. The Labute approximate surface area is 143 Å². The molecule has 6 heteroatoms. The van der Waals surface area contributed by atoms with E-state index in [4.69, 9.17) is 5.73 Å². The van der Waals surface area contributed by atoms with Gasteiger partial charge >= 0.3 is 0 Å². The highest BCUT2D eigenvalue weighted by Crippen LogP contribution is 2.25. The molecule has 1 aromatic rings. The van der Waals surface area contributed by atoms with E-state index in [1.807, 2.05) is 4.90 Å². The van der Waals surface area contributed by atoms with E-state index in [1.165, 1.54) is 0 Å². The number of carbonyl (C=O) groups excluding carboxylic acids is 2. The van der Waals surface area contributed by atoms with Crippen LogP contribution in [0.5, 0.6) is 0 Å². The van der Waals surface area contributed by atoms with Crippen molar-refractivity contribution in [3.8, 4) is 0 Å². The van der Waals surface area contributed by atoms with E-state index in [1.54, 1.807) is 24.3 Å². The molecule has 1 saturated heterocycles. The molecule has 0 aromatic heterocycles. The first-order chi connectivity index (χ1) is 10.6. The molecular weight excluding hydrogens is 314 g/mol. The Morgan fingerprint density at radius 3 is 2.30 bits per heavy atom. The maximum Gasteiger partial charge on any atom is 0.253 e. The summed E-state index contributed by atoms with van der Waals surface area (Å²) in [5.41, 5.74) is 7.27. The molecule has 126 valence electrons. The third kappa shape index (κ3) is 4.24. The summed E-state index contributed by atoms with van der Waals surface area (Å²) >= 11 is 0. The van der Waals surface area contributed by atoms with Crippen LogP contribution in [0.15, 0.2) is 24.3 Å². The summed E-state index contributed by atoms with van der Waals surface area (Å²) in [5.74, 6) is 0.129. The number of carbonyl (C=O) groups is 2. The molecule has 2 atom stereocenters.